The highest BCUT2D eigenvalue weighted by molar-refractivity contribution is 5.97. The number of nitrogens with two attached hydrogens (primary N) is 2. The number of nitrogens with zero attached hydrogens (tertiary/aromatic N) is 1. The number of carboxylic acid groups (broad SMARTS) is 2. The topological polar surface area (TPSA) is 354 Å². The van der Waals surface area contributed by atoms with Crippen LogP contribution in [0.4, 0.5) is 0 Å². The van der Waals surface area contributed by atoms with E-state index < -0.39 is 108 Å². The van der Waals surface area contributed by atoms with Gasteiger partial charge in [-0.25, -0.2) is 4.79 Å². The molecule has 0 saturated carbocycles. The van der Waals surface area contributed by atoms with Crippen LogP contribution in [0.3, 0.4) is 0 Å². The largest absolute Gasteiger partial charge is 0.508 e. The molecule has 14 N–H and O–H groups in total. The Bertz CT molecular complexity index is 1550. The molecule has 21 nitrogen and oxygen atoms in total. The number of rotatable bonds is 23. The highest BCUT2D eigenvalue weighted by Crippen LogP contribution is 2.13. The minimum Gasteiger partial charge on any atom is -0.508 e. The van der Waals surface area contributed by atoms with E-state index in [-0.39, 0.29) is 37.5 Å². The van der Waals surface area contributed by atoms with Crippen LogP contribution in [0.5, 0.6) is 5.75 Å². The molecule has 1 aromatic rings. The van der Waals surface area contributed by atoms with Crippen LogP contribution in [0.15, 0.2) is 29.3 Å². The lowest BCUT2D eigenvalue weighted by molar-refractivity contribution is -0.143. The van der Waals surface area contributed by atoms with Gasteiger partial charge in [0.1, 0.15) is 42.0 Å². The first kappa shape index (κ1) is 47.0. The molecule has 0 fully saturated rings. The van der Waals surface area contributed by atoms with E-state index in [0.717, 1.165) is 0 Å². The second-order valence-corrected chi connectivity index (χ2v) is 13.3. The van der Waals surface area contributed by atoms with Crippen molar-refractivity contribution in [1.82, 2.24) is 31.9 Å². The monoisotopic (exact) mass is 779 g/mol. The maximum Gasteiger partial charge on any atom is 0.326 e. The van der Waals surface area contributed by atoms with Gasteiger partial charge in [0.05, 0.1) is 13.0 Å². The molecule has 0 aliphatic rings. The lowest BCUT2D eigenvalue weighted by atomic mass is 10.00. The predicted molar refractivity (Wildman–Crippen MR) is 196 cm³/mol. The normalized spacial score (nSPS) is 14.2. The molecule has 0 radical (unpaired) electrons. The lowest BCUT2D eigenvalue weighted by Gasteiger charge is -2.28. The van der Waals surface area contributed by atoms with Crippen LogP contribution < -0.4 is 43.4 Å². The molecular formula is C34H53N9O12. The highest BCUT2D eigenvalue weighted by atomic mass is 16.4. The SMILES string of the molecule is CC(=O)N[C@H](C(=O)N[C@@H](CC(=O)O)C(=O)N[C@@H](CO)C(=O)N[C@H](C(=O)N[C@@H](Cc1ccc(O)cc1)C(=O)N[C@@H](CCCN=C(N)N)C(=O)O)C(C)C)C(C)C. The van der Waals surface area contributed by atoms with Crippen molar-refractivity contribution in [3.05, 3.63) is 29.8 Å². The Hall–Kier alpha value is -5.99. The van der Waals surface area contributed by atoms with E-state index in [0.29, 0.717) is 5.56 Å². The minimum atomic E-state index is -1.75. The van der Waals surface area contributed by atoms with Gasteiger partial charge >= 0.3 is 11.9 Å². The zero-order chi connectivity index (χ0) is 42.0. The summed E-state index contributed by atoms with van der Waals surface area (Å²) in [4.78, 5) is 105. The third-order valence-corrected chi connectivity index (χ3v) is 7.95. The summed E-state index contributed by atoms with van der Waals surface area (Å²) in [5, 5.41) is 52.9. The number of hydrogen-bond donors (Lipinski definition) is 12. The number of nitrogens with one attached hydrogen (secondary N) is 6. The zero-order valence-electron chi connectivity index (χ0n) is 31.3. The Morgan fingerprint density at radius 2 is 1.15 bits per heavy atom. The highest BCUT2D eigenvalue weighted by Gasteiger charge is 2.35. The molecule has 0 heterocycles. The van der Waals surface area contributed by atoms with Crippen molar-refractivity contribution in [3.8, 4) is 5.75 Å². The van der Waals surface area contributed by atoms with Crippen LogP contribution in [0.25, 0.3) is 0 Å². The fraction of sp³-hybridized carbons (Fsp3) is 0.559. The molecule has 6 amide bonds. The molecule has 0 aromatic heterocycles. The number of carboxylic acids is 2. The predicted octanol–water partition coefficient (Wildman–Crippen LogP) is -3.22. The second-order valence-electron chi connectivity index (χ2n) is 13.3. The maximum atomic E-state index is 13.7. The Morgan fingerprint density at radius 1 is 0.673 bits per heavy atom. The molecule has 0 unspecified atom stereocenters. The van der Waals surface area contributed by atoms with Gasteiger partial charge in [0.2, 0.25) is 35.4 Å². The van der Waals surface area contributed by atoms with Crippen molar-refractivity contribution in [2.45, 2.75) is 96.6 Å². The van der Waals surface area contributed by atoms with Crippen LogP contribution >= 0.6 is 0 Å². The summed E-state index contributed by atoms with van der Waals surface area (Å²) in [5.74, 6) is -9.74. The van der Waals surface area contributed by atoms with Crippen LogP contribution in [-0.2, 0) is 44.8 Å². The van der Waals surface area contributed by atoms with E-state index in [1.165, 1.54) is 31.2 Å². The van der Waals surface area contributed by atoms with E-state index in [1.807, 2.05) is 0 Å². The number of carbonyl (C=O) groups excluding carboxylic acids is 6. The summed E-state index contributed by atoms with van der Waals surface area (Å²) in [6.45, 7) is 6.53. The minimum absolute atomic E-state index is 0.0682. The fourth-order valence-corrected chi connectivity index (χ4v) is 5.03. The average molecular weight is 780 g/mol. The Labute approximate surface area is 317 Å². The summed E-state index contributed by atoms with van der Waals surface area (Å²) >= 11 is 0. The molecule has 0 aliphatic carbocycles. The van der Waals surface area contributed by atoms with Crippen molar-refractivity contribution in [2.75, 3.05) is 13.2 Å². The van der Waals surface area contributed by atoms with E-state index in [2.05, 4.69) is 36.9 Å². The number of aliphatic hydroxyl groups excluding tert-OH is 1. The van der Waals surface area contributed by atoms with Crippen LogP contribution in [-0.4, -0.2) is 123 Å². The molecule has 1 aromatic carbocycles. The number of guanidine groups is 1. The van der Waals surface area contributed by atoms with Gasteiger partial charge in [-0.15, -0.1) is 0 Å². The number of aliphatic hydroxyl groups is 1. The summed E-state index contributed by atoms with van der Waals surface area (Å²) in [6, 6.07) is -3.19. The van der Waals surface area contributed by atoms with Gasteiger partial charge in [0.25, 0.3) is 0 Å². The van der Waals surface area contributed by atoms with Crippen molar-refractivity contribution < 1.29 is 58.8 Å². The number of aromatic hydroxyl groups is 1. The van der Waals surface area contributed by atoms with E-state index >= 15 is 0 Å². The quantitative estimate of drug-likeness (QED) is 0.0296. The van der Waals surface area contributed by atoms with Gasteiger partial charge in [0.15, 0.2) is 5.96 Å². The molecule has 55 heavy (non-hydrogen) atoms. The van der Waals surface area contributed by atoms with Crippen molar-refractivity contribution >= 4 is 53.3 Å². The first-order chi connectivity index (χ1) is 25.7. The van der Waals surface area contributed by atoms with Crippen LogP contribution in [0.1, 0.15) is 59.4 Å². The van der Waals surface area contributed by atoms with Gasteiger partial charge < -0.3 is 63.8 Å². The van der Waals surface area contributed by atoms with E-state index in [9.17, 15) is 58.8 Å². The van der Waals surface area contributed by atoms with Gasteiger partial charge in [-0.05, 0) is 42.4 Å². The first-order valence-corrected chi connectivity index (χ1v) is 17.3. The number of hydrogen-bond acceptors (Lipinski definition) is 11. The van der Waals surface area contributed by atoms with Gasteiger partial charge in [-0.3, -0.25) is 38.6 Å². The number of aliphatic carboxylic acids is 2. The molecule has 0 bridgehead atoms. The molecule has 1 rings (SSSR count). The van der Waals surface area contributed by atoms with Crippen LogP contribution in [0, 0.1) is 11.8 Å². The van der Waals surface area contributed by atoms with Crippen molar-refractivity contribution in [1.29, 1.82) is 0 Å². The number of aliphatic imine (C=N–C) groups is 1. The summed E-state index contributed by atoms with van der Waals surface area (Å²) in [5.41, 5.74) is 11.1. The van der Waals surface area contributed by atoms with E-state index in [4.69, 9.17) is 11.5 Å². The molecule has 0 spiro atoms. The van der Waals surface area contributed by atoms with Crippen LogP contribution in [0.2, 0.25) is 0 Å². The summed E-state index contributed by atoms with van der Waals surface area (Å²) < 4.78 is 0. The number of benzene rings is 1. The molecule has 21 heteroatoms. The first-order valence-electron chi connectivity index (χ1n) is 17.3. The lowest BCUT2D eigenvalue weighted by Crippen LogP contribution is -2.61. The summed E-state index contributed by atoms with van der Waals surface area (Å²) in [6.07, 6.45) is -0.986. The van der Waals surface area contributed by atoms with Crippen molar-refractivity contribution in [2.24, 2.45) is 28.3 Å². The van der Waals surface area contributed by atoms with Gasteiger partial charge in [0, 0.05) is 19.9 Å². The molecule has 0 saturated heterocycles. The average Bonchev–Trinajstić information content (AvgIpc) is 3.08. The molecule has 6 atom stereocenters. The summed E-state index contributed by atoms with van der Waals surface area (Å²) in [7, 11) is 0. The second kappa shape index (κ2) is 22.9. The van der Waals surface area contributed by atoms with Crippen molar-refractivity contribution in [3.63, 3.8) is 0 Å². The standard InChI is InChI=1S/C34H53N9O12/c1-16(2)26(38-18(5)45)31(52)41-23(14-25(47)48)29(50)42-24(15-44)30(51)43-27(17(3)4)32(53)40-22(13-19-8-10-20(46)11-9-19)28(49)39-21(33(54)55)7-6-12-37-34(35)36/h8-11,16-17,21-24,26-27,44,46H,6-7,12-15H2,1-5H3,(H,38,45)(H,39,49)(H,40,53)(H,41,52)(H,42,50)(H,43,51)(H,47,48)(H,54,55)(H4,35,36,37)/t21-,22-,23-,24-,26-,27-/m0/s1. The Kier molecular flexibility index (Phi) is 19.6. The fourth-order valence-electron chi connectivity index (χ4n) is 5.03. The Morgan fingerprint density at radius 3 is 1.62 bits per heavy atom. The molecular weight excluding hydrogens is 726 g/mol. The maximum absolute atomic E-state index is 13.7. The Balaban J connectivity index is 3.25. The van der Waals surface area contributed by atoms with Gasteiger partial charge in [-0.2, -0.15) is 0 Å². The zero-order valence-corrected chi connectivity index (χ0v) is 31.3. The number of phenolic OH excluding ortho intramolecular Hbond substituents is 1. The smallest absolute Gasteiger partial charge is 0.326 e. The molecule has 0 aliphatic heterocycles. The van der Waals surface area contributed by atoms with Gasteiger partial charge in [-0.1, -0.05) is 39.8 Å². The number of carbonyl (C=O) groups is 8. The number of phenols is 1. The third-order valence-electron chi connectivity index (χ3n) is 7.95. The third kappa shape index (κ3) is 17.1. The number of amides is 6. The molecule has 306 valence electrons. The van der Waals surface area contributed by atoms with E-state index in [1.54, 1.807) is 27.7 Å².